The topological polar surface area (TPSA) is 79.0 Å². The second kappa shape index (κ2) is 9.38. The predicted octanol–water partition coefficient (Wildman–Crippen LogP) is 2.70. The monoisotopic (exact) mass is 443 g/mol. The number of hydrogen-bond donors (Lipinski definition) is 1. The van der Waals surface area contributed by atoms with E-state index in [1.165, 1.54) is 9.87 Å². The quantitative estimate of drug-likeness (QED) is 0.645. The number of sulfonamides is 1. The molecule has 166 valence electrons. The summed E-state index contributed by atoms with van der Waals surface area (Å²) in [5, 5.41) is 2.33. The number of carbonyl (C=O) groups is 1. The van der Waals surface area contributed by atoms with E-state index < -0.39 is 15.3 Å². The van der Waals surface area contributed by atoms with Gasteiger partial charge in [-0.05, 0) is 43.5 Å². The van der Waals surface area contributed by atoms with Gasteiger partial charge >= 0.3 is 0 Å². The molecule has 1 saturated carbocycles. The van der Waals surface area contributed by atoms with E-state index in [2.05, 4.69) is 22.3 Å². The summed E-state index contributed by atoms with van der Waals surface area (Å²) in [7, 11) is -2.00. The smallest absolute Gasteiger partial charge is 0.239 e. The fourth-order valence-corrected chi connectivity index (χ4v) is 6.16. The number of nitrogens with one attached hydrogen (secondary N) is 1. The van der Waals surface area contributed by atoms with Gasteiger partial charge in [-0.2, -0.15) is 4.31 Å². The molecule has 4 rings (SSSR count). The molecule has 1 saturated heterocycles. The third-order valence-corrected chi connectivity index (χ3v) is 8.14. The van der Waals surface area contributed by atoms with Crippen molar-refractivity contribution in [3.05, 3.63) is 60.2 Å². The highest BCUT2D eigenvalue weighted by molar-refractivity contribution is 7.89. The number of likely N-dealkylation sites (tertiary alicyclic amines) is 1. The Balaban J connectivity index is 1.39. The lowest BCUT2D eigenvalue weighted by Crippen LogP contribution is -2.45. The van der Waals surface area contributed by atoms with Gasteiger partial charge in [-0.25, -0.2) is 8.42 Å². The van der Waals surface area contributed by atoms with Crippen LogP contribution >= 0.6 is 0 Å². The van der Waals surface area contributed by atoms with Crippen molar-refractivity contribution in [3.8, 4) is 5.75 Å². The fourth-order valence-electron chi connectivity index (χ4n) is 4.05. The van der Waals surface area contributed by atoms with E-state index in [4.69, 9.17) is 4.74 Å². The van der Waals surface area contributed by atoms with Crippen molar-refractivity contribution in [2.24, 2.45) is 0 Å². The number of amides is 1. The lowest BCUT2D eigenvalue weighted by atomic mass is 10.2. The highest BCUT2D eigenvalue weighted by Gasteiger charge is 2.44. The molecule has 31 heavy (non-hydrogen) atoms. The number of methoxy groups -OCH3 is 1. The third-order valence-electron chi connectivity index (χ3n) is 5.83. The van der Waals surface area contributed by atoms with Crippen molar-refractivity contribution in [3.63, 3.8) is 0 Å². The molecule has 1 heterocycles. The molecule has 1 aliphatic heterocycles. The van der Waals surface area contributed by atoms with Crippen molar-refractivity contribution in [2.45, 2.75) is 37.1 Å². The highest BCUT2D eigenvalue weighted by atomic mass is 32.2. The molecule has 2 aromatic rings. The molecule has 1 amide bonds. The number of hydrogen-bond acceptors (Lipinski definition) is 5. The summed E-state index contributed by atoms with van der Waals surface area (Å²) >= 11 is 0. The van der Waals surface area contributed by atoms with Crippen LogP contribution in [0.5, 0.6) is 5.75 Å². The SMILES string of the molecule is COc1cccc(NC(=O)CN(C2CC2)S(=O)(=O)[C@@H]2CCN(Cc3ccccc3)C2)c1. The standard InChI is InChI=1S/C23H29N3O4S/c1-30-21-9-5-8-19(14-21)24-23(27)17-26(20-10-11-20)31(28,29)22-12-13-25(16-22)15-18-6-3-2-4-7-18/h2-9,14,20,22H,10-13,15-17H2,1H3,(H,24,27)/t22-/m1/s1. The molecule has 1 N–H and O–H groups in total. The molecule has 0 radical (unpaired) electrons. The first kappa shape index (κ1) is 21.8. The van der Waals surface area contributed by atoms with Crippen molar-refractivity contribution in [1.82, 2.24) is 9.21 Å². The molecule has 8 heteroatoms. The zero-order valence-corrected chi connectivity index (χ0v) is 18.6. The maximum atomic E-state index is 13.4. The zero-order valence-electron chi connectivity index (χ0n) is 17.7. The van der Waals surface area contributed by atoms with Crippen LogP contribution in [-0.2, 0) is 21.4 Å². The first-order chi connectivity index (χ1) is 15.0. The molecule has 0 bridgehead atoms. The van der Waals surface area contributed by atoms with E-state index in [-0.39, 0.29) is 18.5 Å². The average molecular weight is 444 g/mol. The fraction of sp³-hybridized carbons (Fsp3) is 0.435. The second-order valence-electron chi connectivity index (χ2n) is 8.23. The average Bonchev–Trinajstić information content (AvgIpc) is 3.50. The van der Waals surface area contributed by atoms with Crippen molar-refractivity contribution < 1.29 is 17.9 Å². The number of ether oxygens (including phenoxy) is 1. The largest absolute Gasteiger partial charge is 0.497 e. The van der Waals surface area contributed by atoms with Crippen molar-refractivity contribution in [1.29, 1.82) is 0 Å². The minimum atomic E-state index is -3.56. The maximum absolute atomic E-state index is 13.4. The van der Waals surface area contributed by atoms with E-state index in [0.717, 1.165) is 25.9 Å². The molecule has 0 spiro atoms. The van der Waals surface area contributed by atoms with E-state index in [0.29, 0.717) is 24.4 Å². The van der Waals surface area contributed by atoms with E-state index in [9.17, 15) is 13.2 Å². The summed E-state index contributed by atoms with van der Waals surface area (Å²) in [6, 6.07) is 17.1. The highest BCUT2D eigenvalue weighted by Crippen LogP contribution is 2.33. The van der Waals surface area contributed by atoms with Gasteiger partial charge in [0.2, 0.25) is 15.9 Å². The Morgan fingerprint density at radius 1 is 1.13 bits per heavy atom. The zero-order chi connectivity index (χ0) is 21.8. The van der Waals surface area contributed by atoms with Crippen LogP contribution in [0, 0.1) is 0 Å². The number of carbonyl (C=O) groups excluding carboxylic acids is 1. The summed E-state index contributed by atoms with van der Waals surface area (Å²) in [5.41, 5.74) is 1.77. The molecule has 1 atom stereocenters. The van der Waals surface area contributed by atoms with Crippen LogP contribution in [-0.4, -0.2) is 61.6 Å². The Kier molecular flexibility index (Phi) is 6.60. The first-order valence-electron chi connectivity index (χ1n) is 10.7. The van der Waals surface area contributed by atoms with Gasteiger partial charge in [-0.1, -0.05) is 36.4 Å². The number of anilines is 1. The van der Waals surface area contributed by atoms with Gasteiger partial charge in [0.15, 0.2) is 0 Å². The molecule has 0 aromatic heterocycles. The van der Waals surface area contributed by atoms with E-state index >= 15 is 0 Å². The van der Waals surface area contributed by atoms with Crippen LogP contribution in [0.1, 0.15) is 24.8 Å². The van der Waals surface area contributed by atoms with Crippen LogP contribution in [0.15, 0.2) is 54.6 Å². The molecule has 1 aliphatic carbocycles. The first-order valence-corrected chi connectivity index (χ1v) is 12.2. The van der Waals surface area contributed by atoms with Gasteiger partial charge < -0.3 is 10.1 Å². The number of nitrogens with zero attached hydrogens (tertiary/aromatic N) is 2. The van der Waals surface area contributed by atoms with Crippen LogP contribution in [0.3, 0.4) is 0 Å². The van der Waals surface area contributed by atoms with Crippen LogP contribution in [0.4, 0.5) is 5.69 Å². The van der Waals surface area contributed by atoms with Gasteiger partial charge in [0.25, 0.3) is 0 Å². The third kappa shape index (κ3) is 5.44. The molecular formula is C23H29N3O4S. The normalized spacial score (nSPS) is 19.5. The van der Waals surface area contributed by atoms with Gasteiger partial charge in [0.1, 0.15) is 5.75 Å². The summed E-state index contributed by atoms with van der Waals surface area (Å²) < 4.78 is 33.4. The summed E-state index contributed by atoms with van der Waals surface area (Å²) in [5.74, 6) is 0.303. The molecule has 2 aliphatic rings. The lowest BCUT2D eigenvalue weighted by Gasteiger charge is -2.25. The second-order valence-corrected chi connectivity index (χ2v) is 10.4. The minimum absolute atomic E-state index is 0.0655. The van der Waals surface area contributed by atoms with Crippen LogP contribution < -0.4 is 10.1 Å². The molecule has 0 unspecified atom stereocenters. The lowest BCUT2D eigenvalue weighted by molar-refractivity contribution is -0.116. The molecular weight excluding hydrogens is 414 g/mol. The Hall–Kier alpha value is -2.42. The van der Waals surface area contributed by atoms with E-state index in [1.54, 1.807) is 31.4 Å². The molecule has 7 nitrogen and oxygen atoms in total. The molecule has 2 aromatic carbocycles. The van der Waals surface area contributed by atoms with Crippen molar-refractivity contribution >= 4 is 21.6 Å². The van der Waals surface area contributed by atoms with Gasteiger partial charge in [0, 0.05) is 30.9 Å². The Bertz CT molecular complexity index is 1010. The van der Waals surface area contributed by atoms with Crippen LogP contribution in [0.25, 0.3) is 0 Å². The van der Waals surface area contributed by atoms with Gasteiger partial charge in [-0.15, -0.1) is 0 Å². The Morgan fingerprint density at radius 3 is 2.61 bits per heavy atom. The Labute approximate surface area is 184 Å². The Morgan fingerprint density at radius 2 is 1.90 bits per heavy atom. The molecule has 2 fully saturated rings. The van der Waals surface area contributed by atoms with E-state index in [1.807, 2.05) is 18.2 Å². The minimum Gasteiger partial charge on any atom is -0.497 e. The van der Waals surface area contributed by atoms with Crippen LogP contribution in [0.2, 0.25) is 0 Å². The van der Waals surface area contributed by atoms with Gasteiger partial charge in [-0.3, -0.25) is 9.69 Å². The summed E-state index contributed by atoms with van der Waals surface area (Å²) in [4.78, 5) is 14.8. The number of benzene rings is 2. The number of rotatable bonds is 9. The summed E-state index contributed by atoms with van der Waals surface area (Å²) in [6.07, 6.45) is 2.22. The maximum Gasteiger partial charge on any atom is 0.239 e. The van der Waals surface area contributed by atoms with Crippen molar-refractivity contribution in [2.75, 3.05) is 32.1 Å². The summed E-state index contributed by atoms with van der Waals surface area (Å²) in [6.45, 7) is 1.83. The van der Waals surface area contributed by atoms with Gasteiger partial charge in [0.05, 0.1) is 18.9 Å². The predicted molar refractivity (Wildman–Crippen MR) is 120 cm³/mol.